The summed E-state index contributed by atoms with van der Waals surface area (Å²) in [5.41, 5.74) is 10.4. The summed E-state index contributed by atoms with van der Waals surface area (Å²) in [5, 5.41) is 3.13. The van der Waals surface area contributed by atoms with Gasteiger partial charge in [0.1, 0.15) is 16.3 Å². The molecule has 5 N–H and O–H groups in total. The number of aromatic nitrogens is 1. The molecule has 144 valence electrons. The van der Waals surface area contributed by atoms with Gasteiger partial charge in [-0.05, 0) is 45.4 Å². The average molecular weight is 389 g/mol. The van der Waals surface area contributed by atoms with Crippen molar-refractivity contribution in [1.29, 1.82) is 0 Å². The van der Waals surface area contributed by atoms with Gasteiger partial charge in [0.05, 0.1) is 16.6 Å². The van der Waals surface area contributed by atoms with E-state index >= 15 is 0 Å². The van der Waals surface area contributed by atoms with Gasteiger partial charge >= 0.3 is 0 Å². The highest BCUT2D eigenvalue weighted by molar-refractivity contribution is 7.18. The summed E-state index contributed by atoms with van der Waals surface area (Å²) in [6, 6.07) is 7.58. The molecule has 1 aromatic heterocycles. The molecule has 0 aliphatic rings. The van der Waals surface area contributed by atoms with Crippen LogP contribution in [0.3, 0.4) is 0 Å². The number of hydrogen-bond acceptors (Lipinski definition) is 6. The summed E-state index contributed by atoms with van der Waals surface area (Å²) in [6.45, 7) is 3.31. The Balaban J connectivity index is 2.15. The molecule has 0 unspecified atom stereocenters. The molecule has 0 saturated carbocycles. The Morgan fingerprint density at radius 1 is 1.26 bits per heavy atom. The van der Waals surface area contributed by atoms with Crippen LogP contribution in [-0.2, 0) is 20.8 Å². The van der Waals surface area contributed by atoms with E-state index in [1.165, 1.54) is 25.2 Å². The van der Waals surface area contributed by atoms with E-state index in [0.717, 1.165) is 10.2 Å². The van der Waals surface area contributed by atoms with Gasteiger partial charge in [0.2, 0.25) is 5.91 Å². The lowest BCUT2D eigenvalue weighted by molar-refractivity contribution is -0.127. The van der Waals surface area contributed by atoms with Gasteiger partial charge in [-0.3, -0.25) is 14.4 Å². The van der Waals surface area contributed by atoms with Gasteiger partial charge in [-0.2, -0.15) is 0 Å². The van der Waals surface area contributed by atoms with Crippen LogP contribution in [0.1, 0.15) is 31.7 Å². The molecule has 0 fully saturated rings. The molecule has 0 bridgehead atoms. The monoisotopic (exact) mass is 389 g/mol. The number of fused-ring (bicyclic) bond motifs is 1. The van der Waals surface area contributed by atoms with Crippen molar-refractivity contribution < 1.29 is 14.4 Å². The molecule has 0 radical (unpaired) electrons. The number of amides is 3. The van der Waals surface area contributed by atoms with Crippen molar-refractivity contribution >= 4 is 45.0 Å². The molecule has 0 saturated heterocycles. The largest absolute Gasteiger partial charge is 0.368 e. The number of carbonyl (C=O) groups excluding carboxylic acids is 3. The number of thiazole rings is 1. The number of rotatable bonds is 8. The molecule has 1 aromatic carbocycles. The van der Waals surface area contributed by atoms with Crippen LogP contribution in [0, 0.1) is 0 Å². The van der Waals surface area contributed by atoms with E-state index in [9.17, 15) is 14.4 Å². The lowest BCUT2D eigenvalue weighted by Crippen LogP contribution is -2.54. The van der Waals surface area contributed by atoms with E-state index in [2.05, 4.69) is 15.3 Å². The number of benzene rings is 1. The Hall–Kier alpha value is -2.65. The van der Waals surface area contributed by atoms with Gasteiger partial charge in [-0.25, -0.2) is 9.98 Å². The Morgan fingerprint density at radius 2 is 1.96 bits per heavy atom. The molecular formula is C18H23N5O3S. The van der Waals surface area contributed by atoms with Crippen molar-refractivity contribution in [3.63, 3.8) is 0 Å². The summed E-state index contributed by atoms with van der Waals surface area (Å²) in [7, 11) is 0. The Bertz CT molecular complexity index is 855. The third-order valence-corrected chi connectivity index (χ3v) is 4.86. The van der Waals surface area contributed by atoms with Crippen LogP contribution in [0.15, 0.2) is 29.3 Å². The minimum absolute atomic E-state index is 0.00202. The summed E-state index contributed by atoms with van der Waals surface area (Å²) in [5.74, 6) is -1.77. The number of nitrogens with two attached hydrogens (primary N) is 2. The number of nitrogens with one attached hydrogen (secondary N) is 1. The van der Waals surface area contributed by atoms with Crippen molar-refractivity contribution in [2.45, 2.75) is 38.6 Å². The number of para-hydroxylation sites is 1. The topological polar surface area (TPSA) is 141 Å². The van der Waals surface area contributed by atoms with Gasteiger partial charge in [-0.15, -0.1) is 11.3 Å². The molecule has 2 aromatic rings. The van der Waals surface area contributed by atoms with Crippen molar-refractivity contribution in [3.05, 3.63) is 29.3 Å². The summed E-state index contributed by atoms with van der Waals surface area (Å²) in [6.07, 6.45) is 0.707. The number of carbonyl (C=O) groups is 3. The number of aliphatic imine (C=N–C) groups is 1. The van der Waals surface area contributed by atoms with Crippen LogP contribution < -0.4 is 16.8 Å². The van der Waals surface area contributed by atoms with Crippen LogP contribution in [0.2, 0.25) is 0 Å². The number of primary amides is 1. The molecular weight excluding hydrogens is 366 g/mol. The average Bonchev–Trinajstić information content (AvgIpc) is 2.99. The molecule has 0 spiro atoms. The normalized spacial score (nSPS) is 12.2. The lowest BCUT2D eigenvalue weighted by atomic mass is 10.0. The molecule has 8 nitrogen and oxygen atoms in total. The molecule has 3 amide bonds. The zero-order valence-electron chi connectivity index (χ0n) is 15.3. The first kappa shape index (κ1) is 20.7. The molecule has 27 heavy (non-hydrogen) atoms. The SMILES string of the molecule is CC(C)(NC(=O)/C(CCCN)=N/C(=O)Cc1nc2ccccc2s1)C(N)=O. The Morgan fingerprint density at radius 3 is 2.59 bits per heavy atom. The first-order valence-corrected chi connectivity index (χ1v) is 9.32. The molecule has 0 aliphatic heterocycles. The first-order valence-electron chi connectivity index (χ1n) is 8.50. The van der Waals surface area contributed by atoms with E-state index in [-0.39, 0.29) is 18.6 Å². The fourth-order valence-electron chi connectivity index (χ4n) is 2.22. The molecule has 0 atom stereocenters. The minimum atomic E-state index is -1.25. The van der Waals surface area contributed by atoms with Gasteiger partial charge in [0.25, 0.3) is 11.8 Å². The quantitative estimate of drug-likeness (QED) is 0.576. The van der Waals surface area contributed by atoms with Crippen molar-refractivity contribution in [2.24, 2.45) is 16.5 Å². The minimum Gasteiger partial charge on any atom is -0.368 e. The highest BCUT2D eigenvalue weighted by atomic mass is 32.1. The summed E-state index contributed by atoms with van der Waals surface area (Å²) < 4.78 is 0.980. The fourth-order valence-corrected chi connectivity index (χ4v) is 3.18. The Labute approximate surface area is 161 Å². The van der Waals surface area contributed by atoms with Crippen molar-refractivity contribution in [2.75, 3.05) is 6.54 Å². The van der Waals surface area contributed by atoms with E-state index in [4.69, 9.17) is 11.5 Å². The standard InChI is InChI=1S/C18H23N5O3S/c1-18(2,17(20)26)23-16(25)12(7-5-9-19)21-14(24)10-15-22-11-6-3-4-8-13(11)27-15/h3-4,6,8H,5,7,9-10,19H2,1-2H3,(H2,20,26)(H,23,25)/b21-12+. The van der Waals surface area contributed by atoms with E-state index in [0.29, 0.717) is 18.0 Å². The second kappa shape index (κ2) is 8.83. The third kappa shape index (κ3) is 5.66. The van der Waals surface area contributed by atoms with Crippen LogP contribution in [0.25, 0.3) is 10.2 Å². The summed E-state index contributed by atoms with van der Waals surface area (Å²) in [4.78, 5) is 44.5. The van der Waals surface area contributed by atoms with Gasteiger partial charge in [-0.1, -0.05) is 12.1 Å². The second-order valence-electron chi connectivity index (χ2n) is 6.54. The highest BCUT2D eigenvalue weighted by Crippen LogP contribution is 2.22. The lowest BCUT2D eigenvalue weighted by Gasteiger charge is -2.22. The molecule has 0 aliphatic carbocycles. The van der Waals surface area contributed by atoms with Crippen LogP contribution in [-0.4, -0.2) is 40.5 Å². The van der Waals surface area contributed by atoms with Gasteiger partial charge in [0.15, 0.2) is 0 Å². The maximum atomic E-state index is 12.4. The fraction of sp³-hybridized carbons (Fsp3) is 0.389. The predicted molar refractivity (Wildman–Crippen MR) is 105 cm³/mol. The second-order valence-corrected chi connectivity index (χ2v) is 7.66. The van der Waals surface area contributed by atoms with Gasteiger partial charge < -0.3 is 16.8 Å². The van der Waals surface area contributed by atoms with Gasteiger partial charge in [0, 0.05) is 0 Å². The number of nitrogens with zero attached hydrogens (tertiary/aromatic N) is 2. The molecule has 1 heterocycles. The maximum absolute atomic E-state index is 12.4. The maximum Gasteiger partial charge on any atom is 0.266 e. The molecule has 9 heteroatoms. The molecule has 2 rings (SSSR count). The first-order chi connectivity index (χ1) is 12.7. The zero-order chi connectivity index (χ0) is 20.0. The van der Waals surface area contributed by atoms with E-state index < -0.39 is 23.3 Å². The highest BCUT2D eigenvalue weighted by Gasteiger charge is 2.28. The zero-order valence-corrected chi connectivity index (χ0v) is 16.1. The van der Waals surface area contributed by atoms with Crippen LogP contribution in [0.5, 0.6) is 0 Å². The smallest absolute Gasteiger partial charge is 0.266 e. The predicted octanol–water partition coefficient (Wildman–Crippen LogP) is 0.925. The third-order valence-electron chi connectivity index (χ3n) is 3.82. The Kier molecular flexibility index (Phi) is 6.75. The number of hydrogen-bond donors (Lipinski definition) is 3. The van der Waals surface area contributed by atoms with Crippen molar-refractivity contribution in [1.82, 2.24) is 10.3 Å². The van der Waals surface area contributed by atoms with Crippen LogP contribution >= 0.6 is 11.3 Å². The summed E-state index contributed by atoms with van der Waals surface area (Å²) >= 11 is 1.41. The van der Waals surface area contributed by atoms with Crippen molar-refractivity contribution in [3.8, 4) is 0 Å². The van der Waals surface area contributed by atoms with Crippen LogP contribution in [0.4, 0.5) is 0 Å². The van der Waals surface area contributed by atoms with E-state index in [1.54, 1.807) is 0 Å². The van der Waals surface area contributed by atoms with E-state index in [1.807, 2.05) is 24.3 Å².